The highest BCUT2D eigenvalue weighted by Crippen LogP contribution is 2.36. The minimum absolute atomic E-state index is 0.00334. The SMILES string of the molecule is Cn1nc(C(F)(F)F)c(F)c1Oc1cc(C#N)cc(-c2ccc(C(F)(F)F)cc2)n1. The van der Waals surface area contributed by atoms with Crippen molar-refractivity contribution in [2.24, 2.45) is 7.05 Å². The van der Waals surface area contributed by atoms with Gasteiger partial charge in [-0.3, -0.25) is 0 Å². The zero-order chi connectivity index (χ0) is 22.3. The number of ether oxygens (including phenoxy) is 1. The second-order valence-corrected chi connectivity index (χ2v) is 5.96. The van der Waals surface area contributed by atoms with Gasteiger partial charge in [0.1, 0.15) is 0 Å². The zero-order valence-corrected chi connectivity index (χ0v) is 14.8. The molecule has 3 aromatic rings. The highest BCUT2D eigenvalue weighted by Gasteiger charge is 2.40. The number of rotatable bonds is 3. The molecule has 30 heavy (non-hydrogen) atoms. The molecule has 1 aromatic carbocycles. The second-order valence-electron chi connectivity index (χ2n) is 5.96. The van der Waals surface area contributed by atoms with Gasteiger partial charge in [0, 0.05) is 18.7 Å². The Morgan fingerprint density at radius 2 is 1.63 bits per heavy atom. The molecule has 2 aromatic heterocycles. The van der Waals surface area contributed by atoms with E-state index >= 15 is 0 Å². The van der Waals surface area contributed by atoms with E-state index < -0.39 is 41.2 Å². The van der Waals surface area contributed by atoms with Crippen molar-refractivity contribution >= 4 is 0 Å². The number of aryl methyl sites for hydroxylation is 1. The summed E-state index contributed by atoms with van der Waals surface area (Å²) in [7, 11) is 1.01. The molecule has 0 spiro atoms. The molecule has 0 aliphatic carbocycles. The number of benzene rings is 1. The fourth-order valence-electron chi connectivity index (χ4n) is 2.47. The van der Waals surface area contributed by atoms with E-state index in [1.165, 1.54) is 6.07 Å². The molecule has 0 saturated heterocycles. The van der Waals surface area contributed by atoms with Crippen LogP contribution in [0.1, 0.15) is 16.8 Å². The van der Waals surface area contributed by atoms with E-state index in [1.807, 2.05) is 0 Å². The third-order valence-corrected chi connectivity index (χ3v) is 3.85. The molecule has 0 aliphatic rings. The van der Waals surface area contributed by atoms with Gasteiger partial charge in [0.25, 0.3) is 5.88 Å². The maximum atomic E-state index is 14.1. The molecule has 0 unspecified atom stereocenters. The Bertz CT molecular complexity index is 1130. The topological polar surface area (TPSA) is 63.7 Å². The average molecular weight is 430 g/mol. The lowest BCUT2D eigenvalue weighted by Crippen LogP contribution is -2.08. The molecule has 0 atom stereocenters. The van der Waals surface area contributed by atoms with Gasteiger partial charge >= 0.3 is 12.4 Å². The third-order valence-electron chi connectivity index (χ3n) is 3.85. The van der Waals surface area contributed by atoms with Crippen LogP contribution in [0, 0.1) is 17.1 Å². The van der Waals surface area contributed by atoms with Crippen LogP contribution in [0.3, 0.4) is 0 Å². The number of pyridine rings is 1. The van der Waals surface area contributed by atoms with Crippen molar-refractivity contribution in [3.63, 3.8) is 0 Å². The summed E-state index contributed by atoms with van der Waals surface area (Å²) in [5, 5.41) is 12.2. The number of hydrogen-bond acceptors (Lipinski definition) is 4. The van der Waals surface area contributed by atoms with Crippen LogP contribution >= 0.6 is 0 Å². The number of hydrogen-bond donors (Lipinski definition) is 0. The van der Waals surface area contributed by atoms with Crippen molar-refractivity contribution < 1.29 is 35.5 Å². The molecule has 0 radical (unpaired) electrons. The van der Waals surface area contributed by atoms with Gasteiger partial charge in [-0.2, -0.15) is 41.1 Å². The van der Waals surface area contributed by atoms with Gasteiger partial charge in [-0.15, -0.1) is 0 Å². The van der Waals surface area contributed by atoms with Gasteiger partial charge in [0.2, 0.25) is 17.4 Å². The van der Waals surface area contributed by atoms with E-state index in [0.29, 0.717) is 4.68 Å². The standard InChI is InChI=1S/C18H9F7N4O/c1-29-16(14(19)15(28-29)18(23,24)25)30-13-7-9(8-26)6-12(27-13)10-2-4-11(5-3-10)17(20,21)22/h2-7H,1H3. The third kappa shape index (κ3) is 4.19. The molecule has 3 rings (SSSR count). The molecule has 156 valence electrons. The van der Waals surface area contributed by atoms with Crippen LogP contribution < -0.4 is 4.74 Å². The van der Waals surface area contributed by atoms with Crippen LogP contribution in [0.25, 0.3) is 11.3 Å². The summed E-state index contributed by atoms with van der Waals surface area (Å²) in [5.41, 5.74) is -2.59. The Balaban J connectivity index is 2.01. The normalized spacial score (nSPS) is 12.0. The molecular weight excluding hydrogens is 421 g/mol. The lowest BCUT2D eigenvalue weighted by molar-refractivity contribution is -0.143. The molecule has 0 N–H and O–H groups in total. The molecule has 0 aliphatic heterocycles. The molecule has 5 nitrogen and oxygen atoms in total. The molecule has 0 fully saturated rings. The zero-order valence-electron chi connectivity index (χ0n) is 14.8. The predicted octanol–water partition coefficient (Wildman–Crippen LogP) is 5.32. The smallest absolute Gasteiger partial charge is 0.418 e. The van der Waals surface area contributed by atoms with Crippen LogP contribution in [0.2, 0.25) is 0 Å². The van der Waals surface area contributed by atoms with Gasteiger partial charge in [0.05, 0.1) is 22.9 Å². The summed E-state index contributed by atoms with van der Waals surface area (Å²) in [5.74, 6) is -3.12. The Kier molecular flexibility index (Phi) is 5.15. The van der Waals surface area contributed by atoms with E-state index in [2.05, 4.69) is 10.1 Å². The highest BCUT2D eigenvalue weighted by molar-refractivity contribution is 5.62. The van der Waals surface area contributed by atoms with Crippen LogP contribution in [-0.4, -0.2) is 14.8 Å². The van der Waals surface area contributed by atoms with E-state index in [1.54, 1.807) is 6.07 Å². The van der Waals surface area contributed by atoms with Crippen molar-refractivity contribution in [1.29, 1.82) is 5.26 Å². The number of halogens is 7. The Labute approximate surface area is 163 Å². The number of nitriles is 1. The second kappa shape index (κ2) is 7.33. The minimum atomic E-state index is -5.06. The summed E-state index contributed by atoms with van der Waals surface area (Å²) >= 11 is 0. The first-order valence-electron chi connectivity index (χ1n) is 7.97. The maximum Gasteiger partial charge on any atom is 0.438 e. The summed E-state index contributed by atoms with van der Waals surface area (Å²) in [6, 6.07) is 7.83. The van der Waals surface area contributed by atoms with Gasteiger partial charge in [-0.05, 0) is 18.2 Å². The van der Waals surface area contributed by atoms with Crippen LogP contribution in [0.5, 0.6) is 11.8 Å². The molecule has 0 amide bonds. The number of alkyl halides is 6. The monoisotopic (exact) mass is 430 g/mol. The summed E-state index contributed by atoms with van der Waals surface area (Å²) in [6.07, 6.45) is -9.61. The maximum absolute atomic E-state index is 14.1. The largest absolute Gasteiger partial charge is 0.438 e. The number of aromatic nitrogens is 3. The predicted molar refractivity (Wildman–Crippen MR) is 87.6 cm³/mol. The average Bonchev–Trinajstić information content (AvgIpc) is 2.95. The molecule has 2 heterocycles. The van der Waals surface area contributed by atoms with E-state index in [4.69, 9.17) is 10.00 Å². The minimum Gasteiger partial charge on any atom is -0.418 e. The van der Waals surface area contributed by atoms with Gasteiger partial charge < -0.3 is 4.74 Å². The fraction of sp³-hybridized carbons (Fsp3) is 0.167. The lowest BCUT2D eigenvalue weighted by Gasteiger charge is -2.10. The molecular formula is C18H9F7N4O. The van der Waals surface area contributed by atoms with Crippen molar-refractivity contribution in [2.75, 3.05) is 0 Å². The van der Waals surface area contributed by atoms with Gasteiger partial charge in [-0.25, -0.2) is 9.67 Å². The summed E-state index contributed by atoms with van der Waals surface area (Å²) in [6.45, 7) is 0. The van der Waals surface area contributed by atoms with E-state index in [0.717, 1.165) is 37.4 Å². The Morgan fingerprint density at radius 1 is 1.00 bits per heavy atom. The Hall–Kier alpha value is -3.62. The Morgan fingerprint density at radius 3 is 2.13 bits per heavy atom. The van der Waals surface area contributed by atoms with Crippen LogP contribution in [0.4, 0.5) is 30.7 Å². The van der Waals surface area contributed by atoms with E-state index in [9.17, 15) is 30.7 Å². The molecule has 12 heteroatoms. The van der Waals surface area contributed by atoms with Crippen LogP contribution in [0.15, 0.2) is 36.4 Å². The van der Waals surface area contributed by atoms with Crippen molar-refractivity contribution in [3.05, 3.63) is 59.0 Å². The summed E-state index contributed by atoms with van der Waals surface area (Å²) < 4.78 is 96.2. The van der Waals surface area contributed by atoms with Crippen LogP contribution in [-0.2, 0) is 19.4 Å². The molecule has 0 bridgehead atoms. The highest BCUT2D eigenvalue weighted by atomic mass is 19.4. The van der Waals surface area contributed by atoms with Crippen molar-refractivity contribution in [3.8, 4) is 29.1 Å². The van der Waals surface area contributed by atoms with Gasteiger partial charge in [-0.1, -0.05) is 12.1 Å². The van der Waals surface area contributed by atoms with E-state index in [-0.39, 0.29) is 16.8 Å². The fourth-order valence-corrected chi connectivity index (χ4v) is 2.47. The quantitative estimate of drug-likeness (QED) is 0.528. The summed E-state index contributed by atoms with van der Waals surface area (Å²) in [4.78, 5) is 3.95. The van der Waals surface area contributed by atoms with Crippen molar-refractivity contribution in [2.45, 2.75) is 12.4 Å². The van der Waals surface area contributed by atoms with Crippen molar-refractivity contribution in [1.82, 2.24) is 14.8 Å². The first kappa shape index (κ1) is 21.1. The molecule has 0 saturated carbocycles. The first-order valence-corrected chi connectivity index (χ1v) is 7.97. The first-order chi connectivity index (χ1) is 13.9. The number of nitrogens with zero attached hydrogens (tertiary/aromatic N) is 4. The van der Waals surface area contributed by atoms with Gasteiger partial charge in [0.15, 0.2) is 0 Å². The lowest BCUT2D eigenvalue weighted by atomic mass is 10.1.